The normalized spacial score (nSPS) is 14.5. The molecule has 0 spiro atoms. The molecule has 0 atom stereocenters. The van der Waals surface area contributed by atoms with Crippen LogP contribution in [0.3, 0.4) is 0 Å². The van der Waals surface area contributed by atoms with Gasteiger partial charge in [0.25, 0.3) is 0 Å². The number of hydrogen-bond donors (Lipinski definition) is 1. The van der Waals surface area contributed by atoms with Crippen LogP contribution in [0.4, 0.5) is 0 Å². The maximum Gasteiger partial charge on any atom is 0.307 e. The Bertz CT molecular complexity index is 1130. The molecule has 33 heavy (non-hydrogen) atoms. The van der Waals surface area contributed by atoms with Crippen LogP contribution in [-0.2, 0) is 11.2 Å². The van der Waals surface area contributed by atoms with Gasteiger partial charge < -0.3 is 19.2 Å². The minimum absolute atomic E-state index is 0.0762. The fourth-order valence-electron chi connectivity index (χ4n) is 4.24. The summed E-state index contributed by atoms with van der Waals surface area (Å²) in [6.45, 7) is 4.13. The first-order valence-electron chi connectivity index (χ1n) is 11.4. The van der Waals surface area contributed by atoms with Gasteiger partial charge in [0, 0.05) is 18.7 Å². The van der Waals surface area contributed by atoms with Crippen molar-refractivity contribution in [1.82, 2.24) is 9.88 Å². The molecule has 0 fully saturated rings. The summed E-state index contributed by atoms with van der Waals surface area (Å²) in [5.41, 5.74) is 5.10. The van der Waals surface area contributed by atoms with E-state index < -0.39 is 5.97 Å². The molecule has 2 aromatic carbocycles. The lowest BCUT2D eigenvalue weighted by molar-refractivity contribution is -0.136. The summed E-state index contributed by atoms with van der Waals surface area (Å²) in [6.07, 6.45) is 2.52. The van der Waals surface area contributed by atoms with Crippen molar-refractivity contribution in [2.45, 2.75) is 32.6 Å². The van der Waals surface area contributed by atoms with Crippen LogP contribution < -0.4 is 4.74 Å². The van der Waals surface area contributed by atoms with Gasteiger partial charge in [-0.1, -0.05) is 30.3 Å². The molecule has 1 aliphatic rings. The molecule has 1 aliphatic heterocycles. The smallest absolute Gasteiger partial charge is 0.307 e. The number of aliphatic carboxylic acids is 1. The third-order valence-corrected chi connectivity index (χ3v) is 5.92. The minimum Gasteiger partial charge on any atom is -0.494 e. The number of aryl methyl sites for hydroxylation is 2. The second-order valence-corrected chi connectivity index (χ2v) is 8.51. The summed E-state index contributed by atoms with van der Waals surface area (Å²) in [4.78, 5) is 18.1. The van der Waals surface area contributed by atoms with Crippen LogP contribution >= 0.6 is 0 Å². The summed E-state index contributed by atoms with van der Waals surface area (Å²) in [6, 6.07) is 17.9. The van der Waals surface area contributed by atoms with E-state index in [1.54, 1.807) is 0 Å². The quantitative estimate of drug-likeness (QED) is 0.454. The van der Waals surface area contributed by atoms with E-state index in [2.05, 4.69) is 9.88 Å². The van der Waals surface area contributed by atoms with Crippen molar-refractivity contribution in [2.75, 3.05) is 26.7 Å². The lowest BCUT2D eigenvalue weighted by Crippen LogP contribution is -2.28. The van der Waals surface area contributed by atoms with Crippen LogP contribution in [0.1, 0.15) is 36.3 Å². The number of carboxylic acid groups (broad SMARTS) is 1. The van der Waals surface area contributed by atoms with E-state index in [-0.39, 0.29) is 6.42 Å². The number of nitrogens with zero attached hydrogens (tertiary/aromatic N) is 2. The van der Waals surface area contributed by atoms with Gasteiger partial charge in [-0.2, -0.15) is 0 Å². The van der Waals surface area contributed by atoms with Crippen molar-refractivity contribution in [3.05, 3.63) is 77.2 Å². The van der Waals surface area contributed by atoms with Gasteiger partial charge in [-0.25, -0.2) is 4.98 Å². The predicted octanol–water partition coefficient (Wildman–Crippen LogP) is 5.23. The molecular weight excluding hydrogens is 416 g/mol. The van der Waals surface area contributed by atoms with Gasteiger partial charge in [0.2, 0.25) is 5.89 Å². The van der Waals surface area contributed by atoms with Crippen LogP contribution in [0.5, 0.6) is 5.75 Å². The molecule has 4 rings (SSSR count). The fraction of sp³-hybridized carbons (Fsp3) is 0.333. The molecule has 0 amide bonds. The van der Waals surface area contributed by atoms with Crippen molar-refractivity contribution < 1.29 is 19.1 Å². The van der Waals surface area contributed by atoms with E-state index in [9.17, 15) is 9.90 Å². The second kappa shape index (κ2) is 10.5. The molecule has 172 valence electrons. The molecule has 0 bridgehead atoms. The molecule has 0 unspecified atom stereocenters. The van der Waals surface area contributed by atoms with Gasteiger partial charge in [0.15, 0.2) is 0 Å². The molecule has 2 heterocycles. The molecule has 0 saturated heterocycles. The topological polar surface area (TPSA) is 75.8 Å². The standard InChI is InChI=1S/C27H30N2O4/c1-19-25(28-27(33-19)20-8-4-3-5-9-20)12-7-15-32-23-11-6-10-21(16-23)24-13-14-29(2)18-22(24)17-26(30)31/h3-6,8-11,16H,7,12-15,17-18H2,1-2H3,(H,30,31). The summed E-state index contributed by atoms with van der Waals surface area (Å²) < 4.78 is 11.9. The number of oxazole rings is 1. The van der Waals surface area contributed by atoms with Gasteiger partial charge in [-0.3, -0.25) is 4.79 Å². The van der Waals surface area contributed by atoms with E-state index in [1.807, 2.05) is 68.6 Å². The largest absolute Gasteiger partial charge is 0.494 e. The van der Waals surface area contributed by atoms with Crippen molar-refractivity contribution in [1.29, 1.82) is 0 Å². The van der Waals surface area contributed by atoms with Gasteiger partial charge in [-0.15, -0.1) is 0 Å². The van der Waals surface area contributed by atoms with E-state index >= 15 is 0 Å². The average Bonchev–Trinajstić information content (AvgIpc) is 3.18. The number of ether oxygens (including phenoxy) is 1. The summed E-state index contributed by atoms with van der Waals surface area (Å²) in [7, 11) is 2.03. The highest BCUT2D eigenvalue weighted by Crippen LogP contribution is 2.31. The molecular formula is C27H30N2O4. The van der Waals surface area contributed by atoms with E-state index in [0.717, 1.165) is 65.3 Å². The summed E-state index contributed by atoms with van der Waals surface area (Å²) in [5.74, 6) is 1.51. The predicted molar refractivity (Wildman–Crippen MR) is 128 cm³/mol. The number of benzene rings is 2. The van der Waals surface area contributed by atoms with Crippen LogP contribution in [0, 0.1) is 6.92 Å². The summed E-state index contributed by atoms with van der Waals surface area (Å²) in [5, 5.41) is 9.31. The summed E-state index contributed by atoms with van der Waals surface area (Å²) >= 11 is 0. The number of rotatable bonds is 9. The number of hydrogen-bond acceptors (Lipinski definition) is 5. The molecule has 6 nitrogen and oxygen atoms in total. The van der Waals surface area contributed by atoms with Crippen LogP contribution in [0.25, 0.3) is 17.0 Å². The molecule has 0 saturated carbocycles. The zero-order valence-corrected chi connectivity index (χ0v) is 19.2. The first-order valence-corrected chi connectivity index (χ1v) is 11.4. The first kappa shape index (κ1) is 22.8. The van der Waals surface area contributed by atoms with Gasteiger partial charge in [0.1, 0.15) is 11.5 Å². The lowest BCUT2D eigenvalue weighted by Gasteiger charge is -2.27. The Balaban J connectivity index is 1.37. The highest BCUT2D eigenvalue weighted by atomic mass is 16.5. The van der Waals surface area contributed by atoms with Gasteiger partial charge in [0.05, 0.1) is 18.7 Å². The molecule has 1 aromatic heterocycles. The number of likely N-dealkylation sites (N-methyl/N-ethyl adjacent to an activating group) is 1. The number of carbonyl (C=O) groups is 1. The third kappa shape index (κ3) is 5.90. The molecule has 3 aromatic rings. The molecule has 0 aliphatic carbocycles. The molecule has 1 N–H and O–H groups in total. The maximum absolute atomic E-state index is 11.3. The molecule has 0 radical (unpaired) electrons. The first-order chi connectivity index (χ1) is 16.0. The van der Waals surface area contributed by atoms with Gasteiger partial charge >= 0.3 is 5.97 Å². The van der Waals surface area contributed by atoms with Crippen LogP contribution in [0.15, 0.2) is 64.6 Å². The average molecular weight is 447 g/mol. The third-order valence-electron chi connectivity index (χ3n) is 5.92. The highest BCUT2D eigenvalue weighted by Gasteiger charge is 2.20. The van der Waals surface area contributed by atoms with E-state index in [0.29, 0.717) is 19.0 Å². The van der Waals surface area contributed by atoms with Crippen molar-refractivity contribution in [2.24, 2.45) is 0 Å². The van der Waals surface area contributed by atoms with Crippen molar-refractivity contribution in [3.63, 3.8) is 0 Å². The van der Waals surface area contributed by atoms with E-state index in [4.69, 9.17) is 9.15 Å². The Kier molecular flexibility index (Phi) is 7.25. The zero-order valence-electron chi connectivity index (χ0n) is 19.2. The number of carboxylic acids is 1. The zero-order chi connectivity index (χ0) is 23.2. The lowest BCUT2D eigenvalue weighted by atomic mass is 9.92. The van der Waals surface area contributed by atoms with E-state index in [1.165, 1.54) is 0 Å². The Labute approximate surface area is 194 Å². The fourth-order valence-corrected chi connectivity index (χ4v) is 4.24. The Morgan fingerprint density at radius 1 is 1.15 bits per heavy atom. The molecule has 6 heteroatoms. The highest BCUT2D eigenvalue weighted by molar-refractivity contribution is 5.78. The monoisotopic (exact) mass is 446 g/mol. The SMILES string of the molecule is Cc1oc(-c2ccccc2)nc1CCCOc1cccc(C2=C(CC(=O)O)CN(C)CC2)c1. The maximum atomic E-state index is 11.3. The van der Waals surface area contributed by atoms with Crippen LogP contribution in [-0.4, -0.2) is 47.7 Å². The van der Waals surface area contributed by atoms with Crippen molar-refractivity contribution in [3.8, 4) is 17.2 Å². The van der Waals surface area contributed by atoms with Gasteiger partial charge in [-0.05, 0) is 74.2 Å². The Morgan fingerprint density at radius 2 is 1.94 bits per heavy atom. The second-order valence-electron chi connectivity index (χ2n) is 8.51. The number of aromatic nitrogens is 1. The van der Waals surface area contributed by atoms with Crippen molar-refractivity contribution >= 4 is 11.5 Å². The minimum atomic E-state index is -0.788. The Hall–Kier alpha value is -3.38. The van der Waals surface area contributed by atoms with Crippen LogP contribution in [0.2, 0.25) is 0 Å². The Morgan fingerprint density at radius 3 is 2.73 bits per heavy atom.